The summed E-state index contributed by atoms with van der Waals surface area (Å²) < 4.78 is 72.4. The molecule has 1 saturated heterocycles. The Morgan fingerprint density at radius 2 is 1.82 bits per heavy atom. The van der Waals surface area contributed by atoms with Crippen LogP contribution in [0.25, 0.3) is 0 Å². The van der Waals surface area contributed by atoms with Gasteiger partial charge in [-0.15, -0.1) is 11.3 Å². The molecule has 2 atom stereocenters. The number of anilines is 1. The molecule has 1 aliphatic heterocycles. The van der Waals surface area contributed by atoms with Gasteiger partial charge in [-0.3, -0.25) is 0 Å². The van der Waals surface area contributed by atoms with Crippen LogP contribution in [0.2, 0.25) is 0 Å². The third-order valence-electron chi connectivity index (χ3n) is 5.52. The van der Waals surface area contributed by atoms with Gasteiger partial charge in [0.1, 0.15) is 4.21 Å². The van der Waals surface area contributed by atoms with Gasteiger partial charge in [-0.2, -0.15) is 13.2 Å². The Hall–Kier alpha value is -1.70. The van der Waals surface area contributed by atoms with Gasteiger partial charge in [0.25, 0.3) is 0 Å². The van der Waals surface area contributed by atoms with Crippen LogP contribution in [0.3, 0.4) is 0 Å². The van der Waals surface area contributed by atoms with E-state index in [0.29, 0.717) is 32.4 Å². The summed E-state index contributed by atoms with van der Waals surface area (Å²) in [7, 11) is -3.67. The molecule has 2 aromatic rings. The lowest BCUT2D eigenvalue weighted by Gasteiger charge is -2.28. The SMILES string of the molecule is CC(O)(c1ccc(N[C@@H](CNC2CCOCC2)CNS(=O)(=O)c2cccs2)cc1)C(F)(F)F. The summed E-state index contributed by atoms with van der Waals surface area (Å²) in [5, 5.41) is 18.1. The van der Waals surface area contributed by atoms with Gasteiger partial charge in [0.05, 0.1) is 6.04 Å². The molecular formula is C21H28F3N3O4S2. The van der Waals surface area contributed by atoms with E-state index in [0.717, 1.165) is 24.2 Å². The topological polar surface area (TPSA) is 99.7 Å². The van der Waals surface area contributed by atoms with Crippen molar-refractivity contribution in [3.8, 4) is 0 Å². The van der Waals surface area contributed by atoms with E-state index >= 15 is 0 Å². The Balaban J connectivity index is 1.68. The molecule has 1 unspecified atom stereocenters. The molecule has 1 fully saturated rings. The van der Waals surface area contributed by atoms with Crippen LogP contribution in [-0.2, 0) is 20.4 Å². The molecule has 4 N–H and O–H groups in total. The highest BCUT2D eigenvalue weighted by Crippen LogP contribution is 2.38. The summed E-state index contributed by atoms with van der Waals surface area (Å²) in [6, 6.07) is 8.30. The van der Waals surface area contributed by atoms with Crippen LogP contribution in [0.5, 0.6) is 0 Å². The first-order valence-corrected chi connectivity index (χ1v) is 12.9. The van der Waals surface area contributed by atoms with E-state index in [1.54, 1.807) is 11.4 Å². The van der Waals surface area contributed by atoms with E-state index in [9.17, 15) is 26.7 Å². The third-order valence-corrected chi connectivity index (χ3v) is 8.34. The van der Waals surface area contributed by atoms with Crippen molar-refractivity contribution in [2.75, 3.05) is 31.6 Å². The summed E-state index contributed by atoms with van der Waals surface area (Å²) in [5.41, 5.74) is -2.74. The second-order valence-corrected chi connectivity index (χ2v) is 11.0. The summed E-state index contributed by atoms with van der Waals surface area (Å²) in [6.45, 7) is 2.51. The van der Waals surface area contributed by atoms with Gasteiger partial charge in [-0.1, -0.05) is 18.2 Å². The highest BCUT2D eigenvalue weighted by atomic mass is 32.2. The molecule has 1 aliphatic rings. The fourth-order valence-corrected chi connectivity index (χ4v) is 5.49. The number of hydrogen-bond acceptors (Lipinski definition) is 7. The normalized spacial score (nSPS) is 18.6. The number of ether oxygens (including phenoxy) is 1. The average Bonchev–Trinajstić information content (AvgIpc) is 3.32. The first kappa shape index (κ1) is 25.9. The maximum absolute atomic E-state index is 13.1. The Kier molecular flexibility index (Phi) is 8.40. The van der Waals surface area contributed by atoms with Crippen molar-refractivity contribution in [1.29, 1.82) is 0 Å². The monoisotopic (exact) mass is 507 g/mol. The van der Waals surface area contributed by atoms with Crippen molar-refractivity contribution in [2.24, 2.45) is 0 Å². The molecule has 12 heteroatoms. The lowest BCUT2D eigenvalue weighted by Crippen LogP contribution is -2.46. The van der Waals surface area contributed by atoms with Crippen LogP contribution in [0.15, 0.2) is 46.0 Å². The van der Waals surface area contributed by atoms with Crippen LogP contribution in [0.4, 0.5) is 18.9 Å². The number of nitrogens with one attached hydrogen (secondary N) is 3. The number of halogens is 3. The van der Waals surface area contributed by atoms with Gasteiger partial charge >= 0.3 is 6.18 Å². The Labute approximate surface area is 195 Å². The van der Waals surface area contributed by atoms with Gasteiger partial charge in [-0.05, 0) is 48.9 Å². The average molecular weight is 508 g/mol. The Morgan fingerprint density at radius 1 is 1.15 bits per heavy atom. The minimum atomic E-state index is -4.81. The zero-order valence-electron chi connectivity index (χ0n) is 18.1. The largest absolute Gasteiger partial charge is 0.421 e. The van der Waals surface area contributed by atoms with E-state index in [1.165, 1.54) is 30.3 Å². The molecule has 0 saturated carbocycles. The lowest BCUT2D eigenvalue weighted by atomic mass is 9.95. The van der Waals surface area contributed by atoms with Crippen molar-refractivity contribution < 1.29 is 31.4 Å². The van der Waals surface area contributed by atoms with Crippen molar-refractivity contribution in [1.82, 2.24) is 10.0 Å². The lowest BCUT2D eigenvalue weighted by molar-refractivity contribution is -0.258. The maximum Gasteiger partial charge on any atom is 0.421 e. The number of alkyl halides is 3. The van der Waals surface area contributed by atoms with Crippen molar-refractivity contribution in [3.05, 3.63) is 47.3 Å². The minimum Gasteiger partial charge on any atom is -0.381 e. The first-order valence-electron chi connectivity index (χ1n) is 10.5. The van der Waals surface area contributed by atoms with Gasteiger partial charge < -0.3 is 20.5 Å². The van der Waals surface area contributed by atoms with Crippen molar-refractivity contribution in [2.45, 2.75) is 47.8 Å². The Morgan fingerprint density at radius 3 is 2.39 bits per heavy atom. The summed E-state index contributed by atoms with van der Waals surface area (Å²) in [4.78, 5) is 0. The first-order chi connectivity index (χ1) is 15.5. The van der Waals surface area contributed by atoms with Gasteiger partial charge in [-0.25, -0.2) is 13.1 Å². The molecule has 0 bridgehead atoms. The molecule has 7 nitrogen and oxygen atoms in total. The number of rotatable bonds is 10. The molecule has 3 rings (SSSR count). The molecule has 0 amide bonds. The molecule has 0 aliphatic carbocycles. The van der Waals surface area contributed by atoms with Gasteiger partial charge in [0.15, 0.2) is 5.60 Å². The molecule has 1 aromatic heterocycles. The zero-order chi connectivity index (χ0) is 24.1. The number of benzene rings is 1. The molecular weight excluding hydrogens is 479 g/mol. The summed E-state index contributed by atoms with van der Waals surface area (Å²) >= 11 is 1.11. The molecule has 0 spiro atoms. The van der Waals surface area contributed by atoms with E-state index in [1.807, 2.05) is 0 Å². The smallest absolute Gasteiger partial charge is 0.381 e. The highest BCUT2D eigenvalue weighted by molar-refractivity contribution is 7.91. The summed E-state index contributed by atoms with van der Waals surface area (Å²) in [6.07, 6.45) is -3.12. The second kappa shape index (κ2) is 10.7. The van der Waals surface area contributed by atoms with Crippen molar-refractivity contribution >= 4 is 27.0 Å². The van der Waals surface area contributed by atoms with E-state index < -0.39 is 21.8 Å². The predicted octanol–water partition coefficient (Wildman–Crippen LogP) is 3.05. The molecule has 184 valence electrons. The maximum atomic E-state index is 13.1. The molecule has 1 aromatic carbocycles. The zero-order valence-corrected chi connectivity index (χ0v) is 19.7. The van der Waals surface area contributed by atoms with Crippen LogP contribution < -0.4 is 15.4 Å². The van der Waals surface area contributed by atoms with E-state index in [-0.39, 0.29) is 28.4 Å². The predicted molar refractivity (Wildman–Crippen MR) is 121 cm³/mol. The molecule has 33 heavy (non-hydrogen) atoms. The summed E-state index contributed by atoms with van der Waals surface area (Å²) in [5.74, 6) is 0. The van der Waals surface area contributed by atoms with E-state index in [4.69, 9.17) is 4.74 Å². The van der Waals surface area contributed by atoms with Crippen LogP contribution in [0.1, 0.15) is 25.3 Å². The standard InChI is InChI=1S/C21H28F3N3O4S2/c1-20(28,21(22,23)24)15-4-6-17(7-5-15)27-18(13-25-16-8-10-31-11-9-16)14-26-33(29,30)19-3-2-12-32-19/h2-7,12,16,18,25-28H,8-11,13-14H2,1H3/t18-,20?/m0/s1. The van der Waals surface area contributed by atoms with Crippen LogP contribution >= 0.6 is 11.3 Å². The Bertz CT molecular complexity index is 975. The quantitative estimate of drug-likeness (QED) is 0.395. The fourth-order valence-electron chi connectivity index (χ4n) is 3.37. The number of aliphatic hydroxyl groups is 1. The van der Waals surface area contributed by atoms with Gasteiger partial charge in [0.2, 0.25) is 10.0 Å². The van der Waals surface area contributed by atoms with Gasteiger partial charge in [0, 0.05) is 38.0 Å². The molecule has 0 radical (unpaired) electrons. The van der Waals surface area contributed by atoms with Crippen molar-refractivity contribution in [3.63, 3.8) is 0 Å². The minimum absolute atomic E-state index is 0.0679. The molecule has 2 heterocycles. The third kappa shape index (κ3) is 6.90. The van der Waals surface area contributed by atoms with Crippen LogP contribution in [-0.4, -0.2) is 58.1 Å². The second-order valence-electron chi connectivity index (χ2n) is 8.07. The van der Waals surface area contributed by atoms with Crippen LogP contribution in [0, 0.1) is 0 Å². The number of hydrogen-bond donors (Lipinski definition) is 4. The number of sulfonamides is 1. The van der Waals surface area contributed by atoms with E-state index in [2.05, 4.69) is 15.4 Å². The fraction of sp³-hybridized carbons (Fsp3) is 0.524. The highest BCUT2D eigenvalue weighted by Gasteiger charge is 2.51. The number of thiophene rings is 1.